The summed E-state index contributed by atoms with van der Waals surface area (Å²) in [5, 5.41) is 0. The van der Waals surface area contributed by atoms with Gasteiger partial charge in [0.15, 0.2) is 5.89 Å². The summed E-state index contributed by atoms with van der Waals surface area (Å²) in [5.41, 5.74) is 1.03. The Labute approximate surface area is 134 Å². The Morgan fingerprint density at radius 2 is 1.95 bits per heavy atom. The third-order valence-electron chi connectivity index (χ3n) is 4.27. The van der Waals surface area contributed by atoms with E-state index < -0.39 is 9.84 Å². The quantitative estimate of drug-likeness (QED) is 0.830. The van der Waals surface area contributed by atoms with Crippen molar-refractivity contribution < 1.29 is 12.8 Å². The zero-order chi connectivity index (χ0) is 16.4. The van der Waals surface area contributed by atoms with Gasteiger partial charge in [0.2, 0.25) is 0 Å². The van der Waals surface area contributed by atoms with Crippen molar-refractivity contribution >= 4 is 9.84 Å². The topological polar surface area (TPSA) is 63.4 Å². The highest BCUT2D eigenvalue weighted by molar-refractivity contribution is 7.90. The average Bonchev–Trinajstić information content (AvgIpc) is 2.85. The molecule has 1 aromatic rings. The van der Waals surface area contributed by atoms with Gasteiger partial charge in [-0.3, -0.25) is 0 Å². The number of hydrogen-bond acceptors (Lipinski definition) is 5. The van der Waals surface area contributed by atoms with E-state index in [1.807, 2.05) is 0 Å². The van der Waals surface area contributed by atoms with Crippen molar-refractivity contribution in [2.24, 2.45) is 5.92 Å². The van der Waals surface area contributed by atoms with E-state index >= 15 is 0 Å². The summed E-state index contributed by atoms with van der Waals surface area (Å²) in [7, 11) is -2.86. The number of rotatable bonds is 5. The van der Waals surface area contributed by atoms with Gasteiger partial charge in [-0.15, -0.1) is 0 Å². The van der Waals surface area contributed by atoms with Crippen molar-refractivity contribution in [2.45, 2.75) is 45.4 Å². The summed E-state index contributed by atoms with van der Waals surface area (Å²) in [4.78, 5) is 6.85. The molecule has 0 atom stereocenters. The first kappa shape index (κ1) is 17.5. The molecule has 0 radical (unpaired) electrons. The van der Waals surface area contributed by atoms with Crippen LogP contribution in [0.4, 0.5) is 0 Å². The maximum atomic E-state index is 11.2. The number of aromatic nitrogens is 1. The maximum absolute atomic E-state index is 11.2. The summed E-state index contributed by atoms with van der Waals surface area (Å²) in [6.45, 7) is 8.98. The predicted octanol–water partition coefficient (Wildman–Crippen LogP) is 2.27. The zero-order valence-corrected chi connectivity index (χ0v) is 14.9. The highest BCUT2D eigenvalue weighted by Crippen LogP contribution is 2.25. The summed E-state index contributed by atoms with van der Waals surface area (Å²) in [6, 6.07) is 0. The number of hydrogen-bond donors (Lipinski definition) is 0. The van der Waals surface area contributed by atoms with Gasteiger partial charge in [-0.25, -0.2) is 13.4 Å². The van der Waals surface area contributed by atoms with E-state index in [9.17, 15) is 8.42 Å². The van der Waals surface area contributed by atoms with Crippen molar-refractivity contribution in [3.8, 4) is 0 Å². The Morgan fingerprint density at radius 1 is 1.32 bits per heavy atom. The summed E-state index contributed by atoms with van der Waals surface area (Å²) in [6.07, 6.45) is 6.12. The van der Waals surface area contributed by atoms with E-state index in [0.29, 0.717) is 12.5 Å². The molecule has 0 aromatic carbocycles. The fourth-order valence-corrected chi connectivity index (χ4v) is 3.30. The number of sulfone groups is 1. The van der Waals surface area contributed by atoms with Gasteiger partial charge in [-0.1, -0.05) is 20.8 Å². The van der Waals surface area contributed by atoms with Crippen LogP contribution < -0.4 is 0 Å². The Balaban J connectivity index is 1.79. The normalized spacial score (nSPS) is 18.7. The monoisotopic (exact) mass is 328 g/mol. The molecule has 1 saturated heterocycles. The van der Waals surface area contributed by atoms with Crippen LogP contribution in [0.3, 0.4) is 0 Å². The highest BCUT2D eigenvalue weighted by atomic mass is 32.2. The van der Waals surface area contributed by atoms with E-state index in [0.717, 1.165) is 43.9 Å². The SMILES string of the molecule is CC(C)(C)c1coc(CC2CCN(CCS(C)(=O)=O)CC2)n1. The van der Waals surface area contributed by atoms with Crippen molar-refractivity contribution in [3.63, 3.8) is 0 Å². The number of oxazole rings is 1. The first-order valence-electron chi connectivity index (χ1n) is 7.98. The third-order valence-corrected chi connectivity index (χ3v) is 5.19. The molecule has 0 bridgehead atoms. The smallest absolute Gasteiger partial charge is 0.194 e. The first-order valence-corrected chi connectivity index (χ1v) is 10.0. The lowest BCUT2D eigenvalue weighted by molar-refractivity contribution is 0.188. The lowest BCUT2D eigenvalue weighted by atomic mass is 9.92. The van der Waals surface area contributed by atoms with Gasteiger partial charge in [0, 0.05) is 24.6 Å². The van der Waals surface area contributed by atoms with E-state index in [4.69, 9.17) is 4.42 Å². The molecule has 0 spiro atoms. The minimum atomic E-state index is -2.86. The molecule has 5 nitrogen and oxygen atoms in total. The van der Waals surface area contributed by atoms with Crippen LogP contribution in [0, 0.1) is 5.92 Å². The molecule has 0 amide bonds. The standard InChI is InChI=1S/C16H28N2O3S/c1-16(2,3)14-12-21-15(17-14)11-13-5-7-18(8-6-13)9-10-22(4,19)20/h12-13H,5-11H2,1-4H3. The van der Waals surface area contributed by atoms with Gasteiger partial charge in [0.25, 0.3) is 0 Å². The van der Waals surface area contributed by atoms with Gasteiger partial charge in [-0.05, 0) is 31.8 Å². The number of piperidine rings is 1. The second kappa shape index (κ2) is 6.71. The fraction of sp³-hybridized carbons (Fsp3) is 0.812. The molecule has 1 aliphatic rings. The molecule has 2 heterocycles. The van der Waals surface area contributed by atoms with Crippen LogP contribution >= 0.6 is 0 Å². The molecule has 126 valence electrons. The lowest BCUT2D eigenvalue weighted by Crippen LogP contribution is -2.37. The van der Waals surface area contributed by atoms with Gasteiger partial charge in [0.1, 0.15) is 16.1 Å². The molecule has 0 unspecified atom stereocenters. The van der Waals surface area contributed by atoms with Crippen LogP contribution in [0.1, 0.15) is 45.2 Å². The van der Waals surface area contributed by atoms with Crippen molar-refractivity contribution in [1.82, 2.24) is 9.88 Å². The molecule has 0 aliphatic carbocycles. The second-order valence-electron chi connectivity index (χ2n) is 7.50. The van der Waals surface area contributed by atoms with Crippen LogP contribution in [0.5, 0.6) is 0 Å². The van der Waals surface area contributed by atoms with E-state index in [1.54, 1.807) is 6.26 Å². The third kappa shape index (κ3) is 5.39. The first-order chi connectivity index (χ1) is 10.1. The van der Waals surface area contributed by atoms with E-state index in [2.05, 4.69) is 30.7 Å². The van der Waals surface area contributed by atoms with Crippen LogP contribution in [-0.2, 0) is 21.7 Å². The highest BCUT2D eigenvalue weighted by Gasteiger charge is 2.23. The van der Waals surface area contributed by atoms with Crippen LogP contribution in [0.2, 0.25) is 0 Å². The second-order valence-corrected chi connectivity index (χ2v) is 9.76. The Kier molecular flexibility index (Phi) is 5.33. The van der Waals surface area contributed by atoms with Crippen molar-refractivity contribution in [2.75, 3.05) is 31.6 Å². The Bertz CT molecular complexity index is 579. The summed E-state index contributed by atoms with van der Waals surface area (Å²) in [5.74, 6) is 1.67. The molecular weight excluding hydrogens is 300 g/mol. The van der Waals surface area contributed by atoms with Crippen LogP contribution in [-0.4, -0.2) is 49.9 Å². The molecule has 6 heteroatoms. The van der Waals surface area contributed by atoms with Crippen molar-refractivity contribution in [1.29, 1.82) is 0 Å². The van der Waals surface area contributed by atoms with E-state index in [1.165, 1.54) is 6.26 Å². The van der Waals surface area contributed by atoms with Gasteiger partial charge in [0.05, 0.1) is 11.4 Å². The Hall–Kier alpha value is -0.880. The van der Waals surface area contributed by atoms with Crippen molar-refractivity contribution in [3.05, 3.63) is 17.8 Å². The van der Waals surface area contributed by atoms with E-state index in [-0.39, 0.29) is 11.2 Å². The van der Waals surface area contributed by atoms with Crippen LogP contribution in [0.25, 0.3) is 0 Å². The lowest BCUT2D eigenvalue weighted by Gasteiger charge is -2.31. The predicted molar refractivity (Wildman–Crippen MR) is 87.8 cm³/mol. The maximum Gasteiger partial charge on any atom is 0.194 e. The molecular formula is C16H28N2O3S. The number of nitrogens with zero attached hydrogens (tertiary/aromatic N) is 2. The molecule has 22 heavy (non-hydrogen) atoms. The molecule has 1 aliphatic heterocycles. The largest absolute Gasteiger partial charge is 0.449 e. The minimum Gasteiger partial charge on any atom is -0.449 e. The number of likely N-dealkylation sites (tertiary alicyclic amines) is 1. The van der Waals surface area contributed by atoms with Gasteiger partial charge >= 0.3 is 0 Å². The Morgan fingerprint density at radius 3 is 2.45 bits per heavy atom. The minimum absolute atomic E-state index is 0.0246. The molecule has 0 N–H and O–H groups in total. The van der Waals surface area contributed by atoms with Crippen LogP contribution in [0.15, 0.2) is 10.7 Å². The fourth-order valence-electron chi connectivity index (χ4n) is 2.71. The zero-order valence-electron chi connectivity index (χ0n) is 14.1. The van der Waals surface area contributed by atoms with Gasteiger partial charge < -0.3 is 9.32 Å². The average molecular weight is 328 g/mol. The molecule has 1 aromatic heterocycles. The summed E-state index contributed by atoms with van der Waals surface area (Å²) < 4.78 is 28.0. The molecule has 1 fully saturated rings. The molecule has 0 saturated carbocycles. The molecule has 2 rings (SSSR count). The summed E-state index contributed by atoms with van der Waals surface area (Å²) >= 11 is 0. The van der Waals surface area contributed by atoms with Gasteiger partial charge in [-0.2, -0.15) is 0 Å².